The molecule has 0 unspecified atom stereocenters. The van der Waals surface area contributed by atoms with Crippen molar-refractivity contribution >= 4 is 27.4 Å². The highest BCUT2D eigenvalue weighted by Crippen LogP contribution is 2.37. The number of thiophene rings is 1. The topological polar surface area (TPSA) is 60.4 Å². The number of halogens is 1. The molecule has 0 saturated heterocycles. The van der Waals surface area contributed by atoms with Gasteiger partial charge in [0.15, 0.2) is 11.6 Å². The third-order valence-electron chi connectivity index (χ3n) is 4.98. The zero-order valence-corrected chi connectivity index (χ0v) is 17.6. The lowest BCUT2D eigenvalue weighted by molar-refractivity contribution is 0.0797. The van der Waals surface area contributed by atoms with Crippen LogP contribution in [0.2, 0.25) is 0 Å². The molecule has 8 heteroatoms. The molecule has 0 bridgehead atoms. The number of benzene rings is 1. The van der Waals surface area contributed by atoms with E-state index in [4.69, 9.17) is 9.47 Å². The van der Waals surface area contributed by atoms with Gasteiger partial charge in [-0.25, -0.2) is 15.0 Å². The molecule has 1 aliphatic heterocycles. The molecule has 4 heterocycles. The molecule has 0 saturated carbocycles. The molecule has 0 amide bonds. The summed E-state index contributed by atoms with van der Waals surface area (Å²) in [6.07, 6.45) is 4.76. The van der Waals surface area contributed by atoms with Gasteiger partial charge in [-0.3, -0.25) is 0 Å². The second-order valence-corrected chi connectivity index (χ2v) is 8.26. The second kappa shape index (κ2) is 8.31. The molecule has 31 heavy (non-hydrogen) atoms. The van der Waals surface area contributed by atoms with E-state index in [0.29, 0.717) is 18.7 Å². The predicted molar refractivity (Wildman–Crippen MR) is 118 cm³/mol. The molecule has 0 N–H and O–H groups in total. The number of aryl methyl sites for hydroxylation is 1. The minimum absolute atomic E-state index is 0.230. The first-order valence-corrected chi connectivity index (χ1v) is 10.6. The molecule has 1 aromatic carbocycles. The maximum atomic E-state index is 13.6. The van der Waals surface area contributed by atoms with Crippen molar-refractivity contribution in [2.24, 2.45) is 0 Å². The van der Waals surface area contributed by atoms with Crippen molar-refractivity contribution in [1.82, 2.24) is 15.0 Å². The van der Waals surface area contributed by atoms with Crippen molar-refractivity contribution in [3.8, 4) is 10.4 Å². The van der Waals surface area contributed by atoms with Crippen LogP contribution in [0, 0.1) is 12.9 Å². The molecule has 0 atom stereocenters. The molecular formula is C23H19FN4O2S. The molecule has 1 aliphatic rings. The van der Waals surface area contributed by atoms with E-state index >= 15 is 0 Å². The summed E-state index contributed by atoms with van der Waals surface area (Å²) in [6, 6.07) is 14.0. The monoisotopic (exact) mass is 434 g/mol. The molecule has 3 aromatic heterocycles. The van der Waals surface area contributed by atoms with Crippen molar-refractivity contribution in [2.45, 2.75) is 13.5 Å². The normalized spacial score (nSPS) is 13.0. The minimum Gasteiger partial charge on any atom is -0.462 e. The van der Waals surface area contributed by atoms with E-state index in [0.717, 1.165) is 37.8 Å². The molecule has 0 spiro atoms. The summed E-state index contributed by atoms with van der Waals surface area (Å²) >= 11 is 1.57. The van der Waals surface area contributed by atoms with Crippen molar-refractivity contribution < 1.29 is 13.9 Å². The summed E-state index contributed by atoms with van der Waals surface area (Å²) in [5, 5.41) is 0. The van der Waals surface area contributed by atoms with Crippen LogP contribution in [-0.2, 0) is 16.0 Å². The fourth-order valence-electron chi connectivity index (χ4n) is 3.45. The third kappa shape index (κ3) is 4.06. The van der Waals surface area contributed by atoms with Gasteiger partial charge in [-0.2, -0.15) is 4.39 Å². The number of pyridine rings is 1. The summed E-state index contributed by atoms with van der Waals surface area (Å²) in [6.45, 7) is 3.11. The summed E-state index contributed by atoms with van der Waals surface area (Å²) in [5.74, 6) is 1.11. The number of rotatable bonds is 6. The van der Waals surface area contributed by atoms with E-state index in [1.54, 1.807) is 43.1 Å². The quantitative estimate of drug-likeness (QED) is 0.396. The first-order valence-electron chi connectivity index (χ1n) is 9.77. The number of fused-ring (bicyclic) bond motifs is 1. The third-order valence-corrected chi connectivity index (χ3v) is 6.15. The van der Waals surface area contributed by atoms with Gasteiger partial charge < -0.3 is 14.4 Å². The lowest BCUT2D eigenvalue weighted by atomic mass is 10.2. The second-order valence-electron chi connectivity index (χ2n) is 7.21. The van der Waals surface area contributed by atoms with Crippen LogP contribution in [-0.4, -0.2) is 28.3 Å². The summed E-state index contributed by atoms with van der Waals surface area (Å²) in [7, 11) is 0. The first-order chi connectivity index (χ1) is 15.2. The van der Waals surface area contributed by atoms with Gasteiger partial charge in [0.25, 0.3) is 0 Å². The standard InChI is InChI=1S/C23H19FN4O2S/c1-15-7-17(9-25-22(15)24)20-8-19-21(31-20)23(27-13-26-19)28(11-18-12-29-14-30-18)10-16-5-3-2-4-6-16/h2-9,12-13H,10-11,14H2,1H3. The van der Waals surface area contributed by atoms with Crippen LogP contribution < -0.4 is 4.90 Å². The number of anilines is 1. The highest BCUT2D eigenvalue weighted by molar-refractivity contribution is 7.22. The van der Waals surface area contributed by atoms with Crippen LogP contribution in [0.3, 0.4) is 0 Å². The average molecular weight is 434 g/mol. The number of nitrogens with zero attached hydrogens (tertiary/aromatic N) is 4. The Bertz CT molecular complexity index is 1260. The molecular weight excluding hydrogens is 415 g/mol. The maximum Gasteiger partial charge on any atom is 0.229 e. The summed E-state index contributed by atoms with van der Waals surface area (Å²) in [4.78, 5) is 16.0. The Hall–Kier alpha value is -3.52. The zero-order chi connectivity index (χ0) is 21.2. The van der Waals surface area contributed by atoms with E-state index < -0.39 is 5.95 Å². The summed E-state index contributed by atoms with van der Waals surface area (Å²) < 4.78 is 25.4. The van der Waals surface area contributed by atoms with E-state index in [9.17, 15) is 4.39 Å². The number of hydrogen-bond donors (Lipinski definition) is 0. The molecule has 6 nitrogen and oxygen atoms in total. The first kappa shape index (κ1) is 19.4. The molecule has 0 radical (unpaired) electrons. The highest BCUT2D eigenvalue weighted by atomic mass is 32.1. The van der Waals surface area contributed by atoms with Crippen molar-refractivity contribution in [2.75, 3.05) is 18.2 Å². The van der Waals surface area contributed by atoms with Gasteiger partial charge in [0.2, 0.25) is 12.7 Å². The average Bonchev–Trinajstić information content (AvgIpc) is 3.45. The van der Waals surface area contributed by atoms with Crippen molar-refractivity contribution in [1.29, 1.82) is 0 Å². The number of hydrogen-bond acceptors (Lipinski definition) is 7. The van der Waals surface area contributed by atoms with Gasteiger partial charge in [0.05, 0.1) is 16.8 Å². The number of ether oxygens (including phenoxy) is 2. The summed E-state index contributed by atoms with van der Waals surface area (Å²) in [5.41, 5.74) is 3.36. The highest BCUT2D eigenvalue weighted by Gasteiger charge is 2.20. The minimum atomic E-state index is -0.452. The van der Waals surface area contributed by atoms with Crippen LogP contribution in [0.5, 0.6) is 0 Å². The van der Waals surface area contributed by atoms with E-state index in [1.165, 1.54) is 0 Å². The Morgan fingerprint density at radius 2 is 1.97 bits per heavy atom. The van der Waals surface area contributed by atoms with Gasteiger partial charge in [0.1, 0.15) is 12.6 Å². The smallest absolute Gasteiger partial charge is 0.229 e. The fraction of sp³-hybridized carbons (Fsp3) is 0.174. The lowest BCUT2D eigenvalue weighted by Gasteiger charge is -2.24. The fourth-order valence-corrected chi connectivity index (χ4v) is 4.56. The van der Waals surface area contributed by atoms with Crippen LogP contribution >= 0.6 is 11.3 Å². The zero-order valence-electron chi connectivity index (χ0n) is 16.8. The Labute approximate surface area is 182 Å². The van der Waals surface area contributed by atoms with Crippen molar-refractivity contribution in [3.05, 3.63) is 84.1 Å². The van der Waals surface area contributed by atoms with E-state index in [-0.39, 0.29) is 6.79 Å². The Kier molecular flexibility index (Phi) is 5.21. The van der Waals surface area contributed by atoms with Gasteiger partial charge >= 0.3 is 0 Å². The molecule has 0 aliphatic carbocycles. The van der Waals surface area contributed by atoms with Crippen LogP contribution in [0.15, 0.2) is 67.0 Å². The number of aromatic nitrogens is 3. The van der Waals surface area contributed by atoms with Gasteiger partial charge in [0, 0.05) is 28.7 Å². The predicted octanol–water partition coefficient (Wildman–Crippen LogP) is 5.05. The van der Waals surface area contributed by atoms with E-state index in [1.807, 2.05) is 24.3 Å². The Morgan fingerprint density at radius 3 is 2.74 bits per heavy atom. The molecule has 0 fully saturated rings. The molecule has 4 aromatic rings. The van der Waals surface area contributed by atoms with E-state index in [2.05, 4.69) is 32.0 Å². The largest absolute Gasteiger partial charge is 0.462 e. The Balaban J connectivity index is 1.56. The van der Waals surface area contributed by atoms with Gasteiger partial charge in [-0.15, -0.1) is 11.3 Å². The van der Waals surface area contributed by atoms with Gasteiger partial charge in [-0.05, 0) is 24.6 Å². The van der Waals surface area contributed by atoms with Crippen LogP contribution in [0.1, 0.15) is 11.1 Å². The van der Waals surface area contributed by atoms with Crippen molar-refractivity contribution in [3.63, 3.8) is 0 Å². The lowest BCUT2D eigenvalue weighted by Crippen LogP contribution is -2.26. The molecule has 156 valence electrons. The Morgan fingerprint density at radius 1 is 1.10 bits per heavy atom. The van der Waals surface area contributed by atoms with Gasteiger partial charge in [-0.1, -0.05) is 30.3 Å². The van der Waals surface area contributed by atoms with Crippen LogP contribution in [0.25, 0.3) is 20.7 Å². The van der Waals surface area contributed by atoms with Crippen LogP contribution in [0.4, 0.5) is 10.2 Å². The SMILES string of the molecule is Cc1cc(-c2cc3ncnc(N(CC4=COCO4)Cc4ccccc4)c3s2)cnc1F. The molecule has 5 rings (SSSR count). The maximum absolute atomic E-state index is 13.6.